The van der Waals surface area contributed by atoms with Gasteiger partial charge in [-0.05, 0) is 62.2 Å². The van der Waals surface area contributed by atoms with Crippen LogP contribution in [0, 0.1) is 19.7 Å². The molecule has 1 aromatic heterocycles. The maximum absolute atomic E-state index is 12.9. The number of hydrogen-bond donors (Lipinski definition) is 2. The molecule has 2 N–H and O–H groups in total. The SMILES string of the molecule is Cc1cccc(O[C@H](C)C(=O)NNC(=O)c2csc(COc3ccc(F)cc3)n2)c1C. The summed E-state index contributed by atoms with van der Waals surface area (Å²) in [5.74, 6) is -0.302. The van der Waals surface area contributed by atoms with Crippen LogP contribution in [0.3, 0.4) is 0 Å². The molecule has 0 fully saturated rings. The van der Waals surface area contributed by atoms with E-state index in [9.17, 15) is 14.0 Å². The highest BCUT2D eigenvalue weighted by atomic mass is 32.1. The van der Waals surface area contributed by atoms with Gasteiger partial charge in [-0.25, -0.2) is 9.37 Å². The lowest BCUT2D eigenvalue weighted by molar-refractivity contribution is -0.128. The van der Waals surface area contributed by atoms with Crippen LogP contribution in [-0.4, -0.2) is 22.9 Å². The first-order valence-corrected chi connectivity index (χ1v) is 10.4. The number of aromatic nitrogens is 1. The third-order valence-electron chi connectivity index (χ3n) is 4.49. The van der Waals surface area contributed by atoms with Gasteiger partial charge >= 0.3 is 0 Å². The molecule has 0 unspecified atom stereocenters. The van der Waals surface area contributed by atoms with Gasteiger partial charge in [0, 0.05) is 5.38 Å². The van der Waals surface area contributed by atoms with Crippen LogP contribution in [0.4, 0.5) is 4.39 Å². The van der Waals surface area contributed by atoms with E-state index in [1.165, 1.54) is 35.6 Å². The highest BCUT2D eigenvalue weighted by Crippen LogP contribution is 2.21. The standard InChI is InChI=1S/C22H22FN3O4S/c1-13-5-4-6-19(14(13)2)30-15(3)21(27)25-26-22(28)18-12-31-20(24-18)11-29-17-9-7-16(23)8-10-17/h4-10,12,15H,11H2,1-3H3,(H,25,27)(H,26,28)/t15-/m1/s1. The van der Waals surface area contributed by atoms with E-state index in [1.807, 2.05) is 26.0 Å². The van der Waals surface area contributed by atoms with Gasteiger partial charge in [-0.2, -0.15) is 0 Å². The average Bonchev–Trinajstić information content (AvgIpc) is 3.23. The summed E-state index contributed by atoms with van der Waals surface area (Å²) in [5.41, 5.74) is 6.82. The Kier molecular flexibility index (Phi) is 7.19. The lowest BCUT2D eigenvalue weighted by Crippen LogP contribution is -2.47. The molecule has 0 aliphatic carbocycles. The van der Waals surface area contributed by atoms with Gasteiger partial charge in [0.2, 0.25) is 0 Å². The van der Waals surface area contributed by atoms with Crippen molar-refractivity contribution in [2.45, 2.75) is 33.5 Å². The van der Waals surface area contributed by atoms with E-state index in [2.05, 4.69) is 15.8 Å². The Morgan fingerprint density at radius 3 is 2.61 bits per heavy atom. The van der Waals surface area contributed by atoms with E-state index >= 15 is 0 Å². The van der Waals surface area contributed by atoms with Crippen LogP contribution in [0.2, 0.25) is 0 Å². The van der Waals surface area contributed by atoms with Gasteiger partial charge in [0.15, 0.2) is 6.10 Å². The molecule has 3 aromatic rings. The first-order valence-electron chi connectivity index (χ1n) is 9.49. The molecule has 9 heteroatoms. The van der Waals surface area contributed by atoms with Crippen LogP contribution >= 0.6 is 11.3 Å². The van der Waals surface area contributed by atoms with Crippen LogP contribution in [0.5, 0.6) is 11.5 Å². The minimum absolute atomic E-state index is 0.136. The number of nitrogens with one attached hydrogen (secondary N) is 2. The number of amides is 2. The molecule has 0 radical (unpaired) electrons. The van der Waals surface area contributed by atoms with Crippen molar-refractivity contribution in [1.82, 2.24) is 15.8 Å². The summed E-state index contributed by atoms with van der Waals surface area (Å²) in [4.78, 5) is 28.7. The van der Waals surface area contributed by atoms with Gasteiger partial charge in [-0.15, -0.1) is 11.3 Å². The van der Waals surface area contributed by atoms with Crippen LogP contribution in [0.1, 0.15) is 33.5 Å². The van der Waals surface area contributed by atoms with Crippen molar-refractivity contribution in [3.8, 4) is 11.5 Å². The summed E-state index contributed by atoms with van der Waals surface area (Å²) in [6.45, 7) is 5.60. The Hall–Kier alpha value is -3.46. The second-order valence-electron chi connectivity index (χ2n) is 6.77. The van der Waals surface area contributed by atoms with Crippen molar-refractivity contribution in [2.24, 2.45) is 0 Å². The number of halogens is 1. The lowest BCUT2D eigenvalue weighted by atomic mass is 10.1. The zero-order chi connectivity index (χ0) is 22.4. The van der Waals surface area contributed by atoms with E-state index in [4.69, 9.17) is 9.47 Å². The Bertz CT molecular complexity index is 1070. The summed E-state index contributed by atoms with van der Waals surface area (Å²) in [6.07, 6.45) is -0.809. The zero-order valence-corrected chi connectivity index (χ0v) is 18.1. The van der Waals surface area contributed by atoms with Crippen molar-refractivity contribution in [2.75, 3.05) is 0 Å². The largest absolute Gasteiger partial charge is 0.486 e. The summed E-state index contributed by atoms with van der Waals surface area (Å²) in [6, 6.07) is 11.2. The Morgan fingerprint density at radius 1 is 1.13 bits per heavy atom. The van der Waals surface area contributed by atoms with E-state index < -0.39 is 17.9 Å². The Morgan fingerprint density at radius 2 is 1.87 bits per heavy atom. The number of rotatable bonds is 7. The number of carbonyl (C=O) groups is 2. The van der Waals surface area contributed by atoms with Crippen LogP contribution in [0.25, 0.3) is 0 Å². The fourth-order valence-corrected chi connectivity index (χ4v) is 3.22. The molecule has 31 heavy (non-hydrogen) atoms. The molecule has 162 valence electrons. The summed E-state index contributed by atoms with van der Waals surface area (Å²) >= 11 is 1.24. The second kappa shape index (κ2) is 10.0. The molecule has 3 rings (SSSR count). The Labute approximate surface area is 183 Å². The third-order valence-corrected chi connectivity index (χ3v) is 5.31. The molecular weight excluding hydrogens is 421 g/mol. The molecule has 7 nitrogen and oxygen atoms in total. The molecule has 0 saturated carbocycles. The number of ether oxygens (including phenoxy) is 2. The van der Waals surface area contributed by atoms with E-state index in [0.29, 0.717) is 16.5 Å². The monoisotopic (exact) mass is 443 g/mol. The number of carbonyl (C=O) groups excluding carboxylic acids is 2. The maximum atomic E-state index is 12.9. The van der Waals surface area contributed by atoms with Crippen molar-refractivity contribution in [3.63, 3.8) is 0 Å². The van der Waals surface area contributed by atoms with Gasteiger partial charge in [0.25, 0.3) is 11.8 Å². The molecule has 0 saturated heterocycles. The average molecular weight is 444 g/mol. The molecule has 0 aliphatic rings. The van der Waals surface area contributed by atoms with Crippen molar-refractivity contribution in [1.29, 1.82) is 0 Å². The van der Waals surface area contributed by atoms with Gasteiger partial charge in [-0.3, -0.25) is 20.4 Å². The normalized spacial score (nSPS) is 11.5. The molecule has 1 atom stereocenters. The first kappa shape index (κ1) is 22.2. The van der Waals surface area contributed by atoms with E-state index in [1.54, 1.807) is 18.4 Å². The van der Waals surface area contributed by atoms with E-state index in [-0.39, 0.29) is 18.1 Å². The maximum Gasteiger partial charge on any atom is 0.289 e. The number of hydrogen-bond acceptors (Lipinski definition) is 6. The minimum atomic E-state index is -0.809. The van der Waals surface area contributed by atoms with Gasteiger partial charge < -0.3 is 9.47 Å². The van der Waals surface area contributed by atoms with Crippen molar-refractivity contribution in [3.05, 3.63) is 75.5 Å². The highest BCUT2D eigenvalue weighted by Gasteiger charge is 2.18. The summed E-state index contributed by atoms with van der Waals surface area (Å²) in [5, 5.41) is 2.12. The van der Waals surface area contributed by atoms with Gasteiger partial charge in [0.05, 0.1) is 0 Å². The Balaban J connectivity index is 1.48. The molecular formula is C22H22FN3O4S. The number of nitrogens with zero attached hydrogens (tertiary/aromatic N) is 1. The number of benzene rings is 2. The molecule has 2 aromatic carbocycles. The second-order valence-corrected chi connectivity index (χ2v) is 7.71. The van der Waals surface area contributed by atoms with Gasteiger partial charge in [-0.1, -0.05) is 12.1 Å². The van der Waals surface area contributed by atoms with Crippen LogP contribution < -0.4 is 20.3 Å². The predicted molar refractivity (Wildman–Crippen MR) is 114 cm³/mol. The number of aryl methyl sites for hydroxylation is 1. The van der Waals surface area contributed by atoms with Crippen LogP contribution in [-0.2, 0) is 11.4 Å². The third kappa shape index (κ3) is 6.02. The fourth-order valence-electron chi connectivity index (χ4n) is 2.54. The van der Waals surface area contributed by atoms with Gasteiger partial charge in [0.1, 0.15) is 34.6 Å². The molecule has 2 amide bonds. The highest BCUT2D eigenvalue weighted by molar-refractivity contribution is 7.09. The molecule has 1 heterocycles. The minimum Gasteiger partial charge on any atom is -0.486 e. The topological polar surface area (TPSA) is 89.6 Å². The molecule has 0 spiro atoms. The summed E-state index contributed by atoms with van der Waals surface area (Å²) in [7, 11) is 0. The fraction of sp³-hybridized carbons (Fsp3) is 0.227. The number of hydrazine groups is 1. The van der Waals surface area contributed by atoms with E-state index in [0.717, 1.165) is 11.1 Å². The van der Waals surface area contributed by atoms with Crippen molar-refractivity contribution >= 4 is 23.2 Å². The summed E-state index contributed by atoms with van der Waals surface area (Å²) < 4.78 is 24.1. The molecule has 0 bridgehead atoms. The number of thiazole rings is 1. The van der Waals surface area contributed by atoms with Crippen molar-refractivity contribution < 1.29 is 23.5 Å². The smallest absolute Gasteiger partial charge is 0.289 e. The zero-order valence-electron chi connectivity index (χ0n) is 17.3. The van der Waals surface area contributed by atoms with Crippen LogP contribution in [0.15, 0.2) is 47.8 Å². The quantitative estimate of drug-likeness (QED) is 0.544. The first-order chi connectivity index (χ1) is 14.8. The predicted octanol–water partition coefficient (Wildman–Crippen LogP) is 3.71. The lowest BCUT2D eigenvalue weighted by Gasteiger charge is -2.17. The molecule has 0 aliphatic heterocycles.